The molecule has 28 nitrogen and oxygen atoms in total. The predicted molar refractivity (Wildman–Crippen MR) is 365 cm³/mol. The van der Waals surface area contributed by atoms with Gasteiger partial charge in [-0.05, 0) is 96.3 Å². The van der Waals surface area contributed by atoms with E-state index < -0.39 is 161 Å². The van der Waals surface area contributed by atoms with Gasteiger partial charge in [0, 0.05) is 81.4 Å². The SMILES string of the molecule is CC=CCC(C)C1OC(C)C2C(=O)N(C)C1C(=O)NC(CC)C(=O)N(C)C(C)C(=O)N(C)C(C(C)COCCN1CCN3C(=O)OCC3C1)C(=O)NC(C(C)C)C(=O)N(C)C(CC(C)C)C(=O)NC(C)C(=O)NC(C)C(=O)N(C)C(CC(C)C)C(=O)N(C)C(CC(C)C)C(=O)N2C. The van der Waals surface area contributed by atoms with Crippen LogP contribution in [0.4, 0.5) is 4.79 Å². The minimum Gasteiger partial charge on any atom is -0.447 e. The van der Waals surface area contributed by atoms with Crippen LogP contribution in [-0.4, -0.2) is 295 Å². The molecule has 12 amide bonds. The summed E-state index contributed by atoms with van der Waals surface area (Å²) in [6, 6.07) is -13.9. The van der Waals surface area contributed by atoms with E-state index in [0.29, 0.717) is 32.6 Å². The maximum absolute atomic E-state index is 15.3. The average Bonchev–Trinajstić information content (AvgIpc) is 1.71. The van der Waals surface area contributed by atoms with Crippen LogP contribution in [0.1, 0.15) is 143 Å². The van der Waals surface area contributed by atoms with Crippen LogP contribution in [0.25, 0.3) is 0 Å². The fourth-order valence-corrected chi connectivity index (χ4v) is 13.4. The number of allylic oxidation sites excluding steroid dienone is 2. The Morgan fingerprint density at radius 3 is 1.63 bits per heavy atom. The van der Waals surface area contributed by atoms with Gasteiger partial charge in [-0.25, -0.2) is 4.79 Å². The van der Waals surface area contributed by atoms with Gasteiger partial charge in [-0.3, -0.25) is 62.5 Å². The van der Waals surface area contributed by atoms with E-state index in [-0.39, 0.29) is 75.4 Å². The lowest BCUT2D eigenvalue weighted by Crippen LogP contribution is -2.62. The van der Waals surface area contributed by atoms with Crippen LogP contribution >= 0.6 is 0 Å². The van der Waals surface area contributed by atoms with E-state index in [1.54, 1.807) is 39.5 Å². The van der Waals surface area contributed by atoms with E-state index in [1.807, 2.05) is 67.5 Å². The van der Waals surface area contributed by atoms with Crippen molar-refractivity contribution in [3.63, 3.8) is 0 Å². The molecule has 28 heteroatoms. The summed E-state index contributed by atoms with van der Waals surface area (Å²) in [5.41, 5.74) is 0. The molecule has 97 heavy (non-hydrogen) atoms. The van der Waals surface area contributed by atoms with E-state index in [2.05, 4.69) is 26.2 Å². The van der Waals surface area contributed by atoms with Crippen molar-refractivity contribution in [1.82, 2.24) is 65.4 Å². The molecule has 0 aromatic carbocycles. The first-order chi connectivity index (χ1) is 45.2. The molecule has 4 saturated heterocycles. The number of hydrogen-bond donors (Lipinski definition) is 4. The van der Waals surface area contributed by atoms with Gasteiger partial charge < -0.3 is 69.8 Å². The number of carbonyl (C=O) groups is 12. The molecule has 4 aliphatic rings. The Bertz CT molecular complexity index is 2800. The minimum absolute atomic E-state index is 0.0326. The van der Waals surface area contributed by atoms with Gasteiger partial charge in [0.2, 0.25) is 65.0 Å². The second-order valence-corrected chi connectivity index (χ2v) is 29.1. The van der Waals surface area contributed by atoms with Gasteiger partial charge in [0.05, 0.1) is 31.5 Å². The van der Waals surface area contributed by atoms with Crippen LogP contribution < -0.4 is 21.3 Å². The molecule has 4 heterocycles. The monoisotopic (exact) mass is 1370 g/mol. The normalized spacial score (nSPS) is 30.3. The molecule has 4 N–H and O–H groups in total. The Balaban J connectivity index is 1.88. The van der Waals surface area contributed by atoms with Crippen molar-refractivity contribution >= 4 is 71.1 Å². The van der Waals surface area contributed by atoms with Crippen LogP contribution in [0.2, 0.25) is 0 Å². The predicted octanol–water partition coefficient (Wildman–Crippen LogP) is 2.17. The zero-order chi connectivity index (χ0) is 73.5. The summed E-state index contributed by atoms with van der Waals surface area (Å²) in [6.07, 6.45) is 2.25. The smallest absolute Gasteiger partial charge is 0.410 e. The lowest BCUT2D eigenvalue weighted by molar-refractivity contribution is -0.155. The highest BCUT2D eigenvalue weighted by Gasteiger charge is 2.51. The van der Waals surface area contributed by atoms with Gasteiger partial charge in [0.15, 0.2) is 0 Å². The quantitative estimate of drug-likeness (QED) is 0.120. The summed E-state index contributed by atoms with van der Waals surface area (Å²) in [6.45, 7) is 30.4. The second kappa shape index (κ2) is 36.8. The van der Waals surface area contributed by atoms with Crippen molar-refractivity contribution in [2.24, 2.45) is 35.5 Å². The third-order valence-electron chi connectivity index (χ3n) is 19.6. The molecule has 2 bridgehead atoms. The Morgan fingerprint density at radius 1 is 0.536 bits per heavy atom. The lowest BCUT2D eigenvalue weighted by atomic mass is 9.92. The van der Waals surface area contributed by atoms with Crippen LogP contribution in [0.3, 0.4) is 0 Å². The van der Waals surface area contributed by atoms with Crippen molar-refractivity contribution < 1.29 is 71.7 Å². The molecule has 0 aromatic heterocycles. The summed E-state index contributed by atoms with van der Waals surface area (Å²) >= 11 is 0. The summed E-state index contributed by atoms with van der Waals surface area (Å²) in [5.74, 6) is -9.66. The van der Waals surface area contributed by atoms with Crippen LogP contribution in [0.15, 0.2) is 12.2 Å². The fraction of sp³-hybridized carbons (Fsp3) is 0.797. The lowest BCUT2D eigenvalue weighted by Gasteiger charge is -2.39. The van der Waals surface area contributed by atoms with Gasteiger partial charge in [-0.1, -0.05) is 88.3 Å². The highest BCUT2D eigenvalue weighted by atomic mass is 16.6. The molecular formula is C69H119N13O15. The molecule has 0 radical (unpaired) electrons. The van der Waals surface area contributed by atoms with Gasteiger partial charge in [0.25, 0.3) is 0 Å². The Morgan fingerprint density at radius 2 is 1.07 bits per heavy atom. The van der Waals surface area contributed by atoms with Gasteiger partial charge in [0.1, 0.15) is 73.1 Å². The van der Waals surface area contributed by atoms with Gasteiger partial charge in [-0.2, -0.15) is 0 Å². The molecular weight excluding hydrogens is 1250 g/mol. The number of nitrogens with one attached hydrogen (secondary N) is 4. The minimum atomic E-state index is -1.37. The first-order valence-corrected chi connectivity index (χ1v) is 34.8. The highest BCUT2D eigenvalue weighted by molar-refractivity contribution is 6.00. The van der Waals surface area contributed by atoms with Crippen molar-refractivity contribution in [2.75, 3.05) is 95.3 Å². The van der Waals surface area contributed by atoms with E-state index >= 15 is 28.8 Å². The first-order valence-electron chi connectivity index (χ1n) is 34.8. The van der Waals surface area contributed by atoms with Crippen molar-refractivity contribution in [1.29, 1.82) is 0 Å². The number of rotatable bonds is 17. The van der Waals surface area contributed by atoms with Crippen molar-refractivity contribution in [3.05, 3.63) is 12.2 Å². The molecule has 0 aromatic rings. The number of ether oxygens (including phenoxy) is 3. The highest BCUT2D eigenvalue weighted by Crippen LogP contribution is 2.31. The number of likely N-dealkylation sites (N-methyl/N-ethyl adjacent to an activating group) is 7. The van der Waals surface area contributed by atoms with E-state index in [9.17, 15) is 28.8 Å². The number of amides is 12. The largest absolute Gasteiger partial charge is 0.447 e. The number of carbonyl (C=O) groups excluding carboxylic acids is 12. The van der Waals surface area contributed by atoms with Gasteiger partial charge in [-0.15, -0.1) is 0 Å². The maximum atomic E-state index is 15.3. The fourth-order valence-electron chi connectivity index (χ4n) is 13.4. The standard InChI is InChI=1S/C69H119N13O15/c1-24-26-27-42(11)57-56-61(86)72-49(25-2)64(89)74(17)46(15)63(88)78(21)54(43(12)36-95-31-30-81-28-29-82-48(35-81)37-96-69(82)94)60(85)73-53(41(9)10)67(92)75(18)50(32-38(3)4)59(84)70-44(13)58(83)71-45(14)62(87)76(19)51(33-39(5)6)65(90)77(20)52(34-40(7)8)66(91)79(22)55(47(16)97-57)68(93)80(56)23/h24,26,38-57H,25,27-37H2,1-23H3,(H,70,84)(H,71,83)(H,72,86)(H,73,85). The first kappa shape index (κ1) is 82.5. The maximum Gasteiger partial charge on any atom is 0.410 e. The molecule has 4 rings (SSSR count). The van der Waals surface area contributed by atoms with Crippen LogP contribution in [0.5, 0.6) is 0 Å². The molecule has 0 spiro atoms. The third-order valence-corrected chi connectivity index (χ3v) is 19.6. The molecule has 0 aliphatic carbocycles. The van der Waals surface area contributed by atoms with Gasteiger partial charge >= 0.3 is 6.09 Å². The molecule has 16 unspecified atom stereocenters. The Kier molecular flexibility index (Phi) is 31.3. The number of cyclic esters (lactones) is 1. The van der Waals surface area contributed by atoms with E-state index in [1.165, 1.54) is 104 Å². The third kappa shape index (κ3) is 20.8. The molecule has 16 atom stereocenters. The molecule has 4 fully saturated rings. The number of nitrogens with zero attached hydrogens (tertiary/aromatic N) is 9. The zero-order valence-electron chi connectivity index (χ0n) is 62.3. The summed E-state index contributed by atoms with van der Waals surface area (Å²) in [4.78, 5) is 189. The molecule has 550 valence electrons. The van der Waals surface area contributed by atoms with Crippen molar-refractivity contribution in [3.8, 4) is 0 Å². The summed E-state index contributed by atoms with van der Waals surface area (Å²) in [5, 5.41) is 11.2. The van der Waals surface area contributed by atoms with E-state index in [0.717, 1.165) is 0 Å². The topological polar surface area (TPSA) is 310 Å². The number of piperazine rings is 1. The van der Waals surface area contributed by atoms with E-state index in [4.69, 9.17) is 14.2 Å². The Hall–Kier alpha value is -6.94. The summed E-state index contributed by atoms with van der Waals surface area (Å²) in [7, 11) is 10.1. The average molecular weight is 1370 g/mol. The molecule has 4 aliphatic heterocycles. The zero-order valence-corrected chi connectivity index (χ0v) is 62.3. The second-order valence-electron chi connectivity index (χ2n) is 29.1. The number of hydrogen-bond acceptors (Lipinski definition) is 16. The number of fused-ring (bicyclic) bond motifs is 4. The summed E-state index contributed by atoms with van der Waals surface area (Å²) < 4.78 is 18.3. The Labute approximate surface area is 576 Å². The van der Waals surface area contributed by atoms with Crippen molar-refractivity contribution in [2.45, 2.75) is 228 Å². The molecule has 0 saturated carbocycles. The van der Waals surface area contributed by atoms with Crippen LogP contribution in [-0.2, 0) is 67.0 Å². The van der Waals surface area contributed by atoms with Crippen LogP contribution in [0, 0.1) is 35.5 Å².